The molecular weight excluding hydrogens is 278 g/mol. The van der Waals surface area contributed by atoms with Gasteiger partial charge in [-0.05, 0) is 32.4 Å². The average molecular weight is 302 g/mol. The van der Waals surface area contributed by atoms with E-state index in [1.807, 2.05) is 11.6 Å². The highest BCUT2D eigenvalue weighted by atomic mass is 35.5. The minimum Gasteiger partial charge on any atom is -0.307 e. The fourth-order valence-electron chi connectivity index (χ4n) is 2.84. The van der Waals surface area contributed by atoms with E-state index in [-0.39, 0.29) is 0 Å². The Bertz CT molecular complexity index is 419. The molecular formula is C14H24ClN3S. The number of hydrogen-bond acceptors (Lipinski definition) is 3. The van der Waals surface area contributed by atoms with Gasteiger partial charge in [0.2, 0.25) is 0 Å². The van der Waals surface area contributed by atoms with Gasteiger partial charge in [-0.15, -0.1) is 0 Å². The number of aryl methyl sites for hydroxylation is 2. The van der Waals surface area contributed by atoms with Crippen molar-refractivity contribution in [2.75, 3.05) is 5.75 Å². The van der Waals surface area contributed by atoms with Gasteiger partial charge in [0, 0.05) is 24.4 Å². The summed E-state index contributed by atoms with van der Waals surface area (Å²) in [6.45, 7) is 8.04. The minimum atomic E-state index is 0.626. The first kappa shape index (κ1) is 15.2. The fourth-order valence-corrected chi connectivity index (χ4v) is 4.27. The van der Waals surface area contributed by atoms with Crippen molar-refractivity contribution in [3.63, 3.8) is 0 Å². The first-order chi connectivity index (χ1) is 9.17. The van der Waals surface area contributed by atoms with Gasteiger partial charge in [-0.2, -0.15) is 16.9 Å². The van der Waals surface area contributed by atoms with Crippen LogP contribution >= 0.6 is 23.4 Å². The van der Waals surface area contributed by atoms with E-state index < -0.39 is 0 Å². The maximum Gasteiger partial charge on any atom is 0.0860 e. The zero-order valence-electron chi connectivity index (χ0n) is 12.1. The SMILES string of the molecule is CCSC1CCCC1NCc1c(Cl)c(C)nn1CC. The van der Waals surface area contributed by atoms with Crippen LogP contribution in [0.5, 0.6) is 0 Å². The molecule has 1 heterocycles. The number of aromatic nitrogens is 2. The Morgan fingerprint density at radius 2 is 2.21 bits per heavy atom. The fraction of sp³-hybridized carbons (Fsp3) is 0.786. The third-order valence-corrected chi connectivity index (χ3v) is 5.64. The lowest BCUT2D eigenvalue weighted by atomic mass is 10.2. The second-order valence-electron chi connectivity index (χ2n) is 5.07. The van der Waals surface area contributed by atoms with E-state index in [2.05, 4.69) is 36.0 Å². The van der Waals surface area contributed by atoms with Gasteiger partial charge in [-0.1, -0.05) is 24.9 Å². The molecule has 1 aliphatic rings. The van der Waals surface area contributed by atoms with Crippen LogP contribution in [0.4, 0.5) is 0 Å². The highest BCUT2D eigenvalue weighted by molar-refractivity contribution is 7.99. The molecule has 1 aliphatic carbocycles. The van der Waals surface area contributed by atoms with E-state index in [4.69, 9.17) is 11.6 Å². The average Bonchev–Trinajstić information content (AvgIpc) is 2.94. The summed E-state index contributed by atoms with van der Waals surface area (Å²) < 4.78 is 2.02. The lowest BCUT2D eigenvalue weighted by Gasteiger charge is -2.20. The van der Waals surface area contributed by atoms with Crippen molar-refractivity contribution in [2.45, 2.75) is 64.4 Å². The Balaban J connectivity index is 1.98. The molecule has 1 N–H and O–H groups in total. The molecule has 2 unspecified atom stereocenters. The third kappa shape index (κ3) is 3.47. The van der Waals surface area contributed by atoms with Crippen molar-refractivity contribution in [3.8, 4) is 0 Å². The molecule has 108 valence electrons. The Hall–Kier alpha value is -0.190. The summed E-state index contributed by atoms with van der Waals surface area (Å²) in [4.78, 5) is 0. The number of nitrogens with one attached hydrogen (secondary N) is 1. The normalized spacial score (nSPS) is 23.2. The van der Waals surface area contributed by atoms with Gasteiger partial charge in [0.15, 0.2) is 0 Å². The summed E-state index contributed by atoms with van der Waals surface area (Å²) in [6, 6.07) is 0.626. The predicted molar refractivity (Wildman–Crippen MR) is 84.0 cm³/mol. The van der Waals surface area contributed by atoms with Crippen LogP contribution in [0.25, 0.3) is 0 Å². The van der Waals surface area contributed by atoms with Crippen LogP contribution in [0.1, 0.15) is 44.5 Å². The number of nitrogens with zero attached hydrogens (tertiary/aromatic N) is 2. The largest absolute Gasteiger partial charge is 0.307 e. The number of hydrogen-bond donors (Lipinski definition) is 1. The van der Waals surface area contributed by atoms with E-state index >= 15 is 0 Å². The van der Waals surface area contributed by atoms with Gasteiger partial charge in [0.05, 0.1) is 16.4 Å². The van der Waals surface area contributed by atoms with Crippen molar-refractivity contribution >= 4 is 23.4 Å². The molecule has 19 heavy (non-hydrogen) atoms. The molecule has 5 heteroatoms. The molecule has 0 amide bonds. The summed E-state index contributed by atoms with van der Waals surface area (Å²) in [5.41, 5.74) is 2.07. The van der Waals surface area contributed by atoms with Crippen LogP contribution in [0.3, 0.4) is 0 Å². The maximum atomic E-state index is 6.35. The highest BCUT2D eigenvalue weighted by Gasteiger charge is 2.27. The van der Waals surface area contributed by atoms with Crippen molar-refractivity contribution in [2.24, 2.45) is 0 Å². The molecule has 1 fully saturated rings. The first-order valence-corrected chi connectivity index (χ1v) is 8.66. The van der Waals surface area contributed by atoms with E-state index in [0.717, 1.165) is 34.7 Å². The topological polar surface area (TPSA) is 29.9 Å². The first-order valence-electron chi connectivity index (χ1n) is 7.24. The Kier molecular flexibility index (Phi) is 5.60. The summed E-state index contributed by atoms with van der Waals surface area (Å²) in [5.74, 6) is 1.20. The van der Waals surface area contributed by atoms with Gasteiger partial charge in [-0.3, -0.25) is 4.68 Å². The highest BCUT2D eigenvalue weighted by Crippen LogP contribution is 2.30. The lowest BCUT2D eigenvalue weighted by Crippen LogP contribution is -2.34. The van der Waals surface area contributed by atoms with Gasteiger partial charge in [0.1, 0.15) is 0 Å². The molecule has 0 aromatic carbocycles. The van der Waals surface area contributed by atoms with Gasteiger partial charge < -0.3 is 5.32 Å². The monoisotopic (exact) mass is 301 g/mol. The number of rotatable bonds is 6. The van der Waals surface area contributed by atoms with E-state index in [1.54, 1.807) is 0 Å². The van der Waals surface area contributed by atoms with Crippen LogP contribution in [-0.2, 0) is 13.1 Å². The minimum absolute atomic E-state index is 0.626. The second-order valence-corrected chi connectivity index (χ2v) is 6.97. The summed E-state index contributed by atoms with van der Waals surface area (Å²) >= 11 is 8.43. The molecule has 2 atom stereocenters. The smallest absolute Gasteiger partial charge is 0.0860 e. The quantitative estimate of drug-likeness (QED) is 0.870. The predicted octanol–water partition coefficient (Wildman–Crippen LogP) is 3.63. The summed E-state index contributed by atoms with van der Waals surface area (Å²) in [5, 5.41) is 9.76. The van der Waals surface area contributed by atoms with Crippen molar-refractivity contribution in [1.29, 1.82) is 0 Å². The summed E-state index contributed by atoms with van der Waals surface area (Å²) in [6.07, 6.45) is 3.97. The van der Waals surface area contributed by atoms with Gasteiger partial charge in [-0.25, -0.2) is 0 Å². The lowest BCUT2D eigenvalue weighted by molar-refractivity contribution is 0.504. The maximum absolute atomic E-state index is 6.35. The molecule has 3 nitrogen and oxygen atoms in total. The zero-order valence-corrected chi connectivity index (χ0v) is 13.7. The van der Waals surface area contributed by atoms with E-state index in [1.165, 1.54) is 25.0 Å². The Labute approximate surface area is 125 Å². The molecule has 1 aromatic heterocycles. The Morgan fingerprint density at radius 3 is 2.89 bits per heavy atom. The molecule has 0 aliphatic heterocycles. The molecule has 1 aromatic rings. The van der Waals surface area contributed by atoms with Crippen LogP contribution in [0.15, 0.2) is 0 Å². The number of halogens is 1. The van der Waals surface area contributed by atoms with Crippen LogP contribution in [0.2, 0.25) is 5.02 Å². The standard InChI is InChI=1S/C14H24ClN3S/c1-4-18-12(14(15)10(3)17-18)9-16-11-7-6-8-13(11)19-5-2/h11,13,16H,4-9H2,1-3H3. The van der Waals surface area contributed by atoms with Gasteiger partial charge in [0.25, 0.3) is 0 Å². The molecule has 0 bridgehead atoms. The molecule has 2 rings (SSSR count). The van der Waals surface area contributed by atoms with Crippen molar-refractivity contribution in [3.05, 3.63) is 16.4 Å². The zero-order chi connectivity index (χ0) is 13.8. The second kappa shape index (κ2) is 7.00. The van der Waals surface area contributed by atoms with Crippen LogP contribution in [0, 0.1) is 6.92 Å². The van der Waals surface area contributed by atoms with Crippen molar-refractivity contribution in [1.82, 2.24) is 15.1 Å². The van der Waals surface area contributed by atoms with Crippen molar-refractivity contribution < 1.29 is 0 Å². The molecule has 1 saturated carbocycles. The Morgan fingerprint density at radius 1 is 1.42 bits per heavy atom. The molecule has 0 saturated heterocycles. The van der Waals surface area contributed by atoms with Crippen LogP contribution < -0.4 is 5.32 Å². The summed E-state index contributed by atoms with van der Waals surface area (Å²) in [7, 11) is 0. The number of thioether (sulfide) groups is 1. The third-order valence-electron chi connectivity index (χ3n) is 3.82. The van der Waals surface area contributed by atoms with Crippen LogP contribution in [-0.4, -0.2) is 26.8 Å². The molecule has 0 radical (unpaired) electrons. The molecule has 0 spiro atoms. The van der Waals surface area contributed by atoms with E-state index in [0.29, 0.717) is 6.04 Å². The van der Waals surface area contributed by atoms with E-state index in [9.17, 15) is 0 Å². The van der Waals surface area contributed by atoms with Gasteiger partial charge >= 0.3 is 0 Å².